The third kappa shape index (κ3) is 6.05. The summed E-state index contributed by atoms with van der Waals surface area (Å²) < 4.78 is 6.85. The molecule has 3 heterocycles. The maximum Gasteiger partial charge on any atom is 0.226 e. The number of hydrogen-bond acceptors (Lipinski definition) is 7. The first-order valence-electron chi connectivity index (χ1n) is 9.32. The van der Waals surface area contributed by atoms with Gasteiger partial charge in [-0.05, 0) is 32.4 Å². The van der Waals surface area contributed by atoms with Crippen molar-refractivity contribution in [1.29, 1.82) is 0 Å². The number of nitrogens with one attached hydrogen (secondary N) is 1. The molecule has 6 nitrogen and oxygen atoms in total. The maximum absolute atomic E-state index is 12.3. The van der Waals surface area contributed by atoms with Crippen molar-refractivity contribution in [1.82, 2.24) is 14.9 Å². The highest BCUT2D eigenvalue weighted by Crippen LogP contribution is 2.32. The molecule has 1 N–H and O–H groups in total. The summed E-state index contributed by atoms with van der Waals surface area (Å²) in [4.78, 5) is 23.2. The van der Waals surface area contributed by atoms with Gasteiger partial charge in [0.1, 0.15) is 5.76 Å². The molecule has 1 atom stereocenters. The van der Waals surface area contributed by atoms with Crippen LogP contribution in [0.1, 0.15) is 51.7 Å². The number of hydrogen-bond donors (Lipinski definition) is 1. The molecule has 3 rings (SSSR count). The fourth-order valence-corrected chi connectivity index (χ4v) is 4.85. The maximum atomic E-state index is 12.3. The number of thioether (sulfide) groups is 1. The molecule has 0 saturated carbocycles. The predicted molar refractivity (Wildman–Crippen MR) is 110 cm³/mol. The normalized spacial score (nSPS) is 18.6. The van der Waals surface area contributed by atoms with Crippen LogP contribution in [0.5, 0.6) is 0 Å². The third-order valence-corrected chi connectivity index (χ3v) is 6.65. The van der Waals surface area contributed by atoms with Crippen molar-refractivity contribution in [2.75, 3.05) is 25.5 Å². The summed E-state index contributed by atoms with van der Waals surface area (Å²) in [5.74, 6) is 2.76. The summed E-state index contributed by atoms with van der Waals surface area (Å²) in [6, 6.07) is 0. The SMILES string of the molecule is CN1CCCC(CC(=O)Nc2ncc(SCc3ncc(C(C)(C)C)o3)s2)C1. The van der Waals surface area contributed by atoms with Gasteiger partial charge in [-0.25, -0.2) is 9.97 Å². The van der Waals surface area contributed by atoms with E-state index in [9.17, 15) is 4.79 Å². The Morgan fingerprint density at radius 1 is 1.41 bits per heavy atom. The van der Waals surface area contributed by atoms with Crippen molar-refractivity contribution in [3.05, 3.63) is 24.0 Å². The molecule has 0 aliphatic carbocycles. The number of thiazole rings is 1. The monoisotopic (exact) mass is 408 g/mol. The lowest BCUT2D eigenvalue weighted by Gasteiger charge is -2.29. The van der Waals surface area contributed by atoms with Gasteiger partial charge < -0.3 is 14.6 Å². The molecule has 1 amide bonds. The van der Waals surface area contributed by atoms with E-state index in [1.54, 1.807) is 24.2 Å². The number of anilines is 1. The first-order valence-corrected chi connectivity index (χ1v) is 11.1. The van der Waals surface area contributed by atoms with Crippen molar-refractivity contribution < 1.29 is 9.21 Å². The van der Waals surface area contributed by atoms with Crippen LogP contribution in [0.25, 0.3) is 0 Å². The summed E-state index contributed by atoms with van der Waals surface area (Å²) in [5.41, 5.74) is -0.0367. The zero-order valence-corrected chi connectivity index (χ0v) is 18.1. The molecule has 0 spiro atoms. The Kier molecular flexibility index (Phi) is 6.60. The zero-order chi connectivity index (χ0) is 19.4. The lowest BCUT2D eigenvalue weighted by molar-refractivity contribution is -0.117. The minimum Gasteiger partial charge on any atom is -0.444 e. The molecule has 0 radical (unpaired) electrons. The number of piperidine rings is 1. The van der Waals surface area contributed by atoms with Gasteiger partial charge in [-0.15, -0.1) is 11.8 Å². The highest BCUT2D eigenvalue weighted by atomic mass is 32.2. The summed E-state index contributed by atoms with van der Waals surface area (Å²) >= 11 is 3.12. The molecule has 1 saturated heterocycles. The second-order valence-electron chi connectivity index (χ2n) is 8.16. The number of amides is 1. The number of carbonyl (C=O) groups excluding carboxylic acids is 1. The van der Waals surface area contributed by atoms with Gasteiger partial charge in [-0.3, -0.25) is 4.79 Å². The van der Waals surface area contributed by atoms with Gasteiger partial charge in [0.15, 0.2) is 5.13 Å². The van der Waals surface area contributed by atoms with Crippen LogP contribution in [0.15, 0.2) is 21.0 Å². The number of rotatable bonds is 6. The molecular formula is C19H28N4O2S2. The minimum absolute atomic E-state index is 0.0367. The Balaban J connectivity index is 1.46. The van der Waals surface area contributed by atoms with E-state index in [2.05, 4.69) is 48.0 Å². The number of nitrogens with zero attached hydrogens (tertiary/aromatic N) is 3. The van der Waals surface area contributed by atoms with E-state index in [1.165, 1.54) is 17.8 Å². The Labute approximate surface area is 169 Å². The lowest BCUT2D eigenvalue weighted by atomic mass is 9.94. The largest absolute Gasteiger partial charge is 0.444 e. The summed E-state index contributed by atoms with van der Waals surface area (Å²) in [7, 11) is 2.12. The van der Waals surface area contributed by atoms with Gasteiger partial charge in [0.2, 0.25) is 11.8 Å². The van der Waals surface area contributed by atoms with Crippen LogP contribution in [-0.4, -0.2) is 40.9 Å². The molecule has 1 aliphatic heterocycles. The van der Waals surface area contributed by atoms with Crippen LogP contribution in [0, 0.1) is 5.92 Å². The Morgan fingerprint density at radius 2 is 2.22 bits per heavy atom. The molecule has 148 valence electrons. The lowest BCUT2D eigenvalue weighted by Crippen LogP contribution is -2.34. The molecule has 2 aromatic heterocycles. The molecule has 8 heteroatoms. The van der Waals surface area contributed by atoms with E-state index >= 15 is 0 Å². The van der Waals surface area contributed by atoms with Crippen molar-refractivity contribution in [2.45, 2.75) is 55.4 Å². The topological polar surface area (TPSA) is 71.3 Å². The van der Waals surface area contributed by atoms with E-state index in [4.69, 9.17) is 4.42 Å². The highest BCUT2D eigenvalue weighted by molar-refractivity contribution is 8.00. The standard InChI is InChI=1S/C19H28N4O2S2/c1-19(2,3)14-9-20-16(25-14)12-26-17-10-21-18(27-17)22-15(24)8-13-6-5-7-23(4)11-13/h9-10,13H,5-8,11-12H2,1-4H3,(H,21,22,24). The first kappa shape index (κ1) is 20.4. The number of aromatic nitrogens is 2. The number of oxazole rings is 1. The van der Waals surface area contributed by atoms with Gasteiger partial charge in [0, 0.05) is 18.4 Å². The molecule has 1 aliphatic rings. The minimum atomic E-state index is -0.0367. The zero-order valence-electron chi connectivity index (χ0n) is 16.4. The van der Waals surface area contributed by atoms with Crippen molar-refractivity contribution in [3.8, 4) is 0 Å². The Hall–Kier alpha value is -1.38. The second kappa shape index (κ2) is 8.75. The van der Waals surface area contributed by atoms with E-state index < -0.39 is 0 Å². The fourth-order valence-electron chi connectivity index (χ4n) is 3.11. The van der Waals surface area contributed by atoms with Gasteiger partial charge in [-0.1, -0.05) is 32.1 Å². The van der Waals surface area contributed by atoms with Crippen molar-refractivity contribution in [2.24, 2.45) is 5.92 Å². The van der Waals surface area contributed by atoms with E-state index in [0.29, 0.717) is 29.1 Å². The van der Waals surface area contributed by atoms with Gasteiger partial charge in [0.05, 0.1) is 22.4 Å². The molecule has 2 aromatic rings. The van der Waals surface area contributed by atoms with Crippen LogP contribution < -0.4 is 5.32 Å². The van der Waals surface area contributed by atoms with Crippen LogP contribution in [0.4, 0.5) is 5.13 Å². The van der Waals surface area contributed by atoms with Gasteiger partial charge >= 0.3 is 0 Å². The Morgan fingerprint density at radius 3 is 2.93 bits per heavy atom. The fraction of sp³-hybridized carbons (Fsp3) is 0.632. The number of carbonyl (C=O) groups is 1. The average molecular weight is 409 g/mol. The van der Waals surface area contributed by atoms with Crippen molar-refractivity contribution >= 4 is 34.1 Å². The second-order valence-corrected chi connectivity index (χ2v) is 10.5. The van der Waals surface area contributed by atoms with Crippen LogP contribution in [0.3, 0.4) is 0 Å². The van der Waals surface area contributed by atoms with E-state index in [-0.39, 0.29) is 11.3 Å². The predicted octanol–water partition coefficient (Wildman–Crippen LogP) is 4.39. The third-order valence-electron chi connectivity index (χ3n) is 4.56. The quantitative estimate of drug-likeness (QED) is 0.715. The average Bonchev–Trinajstić information content (AvgIpc) is 3.21. The molecular weight excluding hydrogens is 380 g/mol. The number of likely N-dealkylation sites (tertiary alicyclic amines) is 1. The van der Waals surface area contributed by atoms with E-state index in [0.717, 1.165) is 29.5 Å². The molecule has 0 aromatic carbocycles. The van der Waals surface area contributed by atoms with Crippen LogP contribution in [-0.2, 0) is 16.0 Å². The Bertz CT molecular complexity index is 766. The molecule has 27 heavy (non-hydrogen) atoms. The van der Waals surface area contributed by atoms with Crippen molar-refractivity contribution in [3.63, 3.8) is 0 Å². The van der Waals surface area contributed by atoms with Crippen LogP contribution >= 0.6 is 23.1 Å². The van der Waals surface area contributed by atoms with E-state index in [1.807, 2.05) is 0 Å². The molecule has 0 bridgehead atoms. The first-order chi connectivity index (χ1) is 12.8. The smallest absolute Gasteiger partial charge is 0.226 e. The van der Waals surface area contributed by atoms with Crippen LogP contribution in [0.2, 0.25) is 0 Å². The van der Waals surface area contributed by atoms with Gasteiger partial charge in [0.25, 0.3) is 0 Å². The van der Waals surface area contributed by atoms with Gasteiger partial charge in [-0.2, -0.15) is 0 Å². The molecule has 1 unspecified atom stereocenters. The summed E-state index contributed by atoms with van der Waals surface area (Å²) in [6.45, 7) is 8.45. The highest BCUT2D eigenvalue weighted by Gasteiger charge is 2.21. The molecule has 1 fully saturated rings. The summed E-state index contributed by atoms with van der Waals surface area (Å²) in [6.07, 6.45) is 6.47. The summed E-state index contributed by atoms with van der Waals surface area (Å²) in [5, 5.41) is 3.61.